The molecule has 5 nitrogen and oxygen atoms in total. The molecule has 5 aromatic rings. The molecule has 1 aromatic heterocycles. The molecule has 0 atom stereocenters. The van der Waals surface area contributed by atoms with Crippen LogP contribution in [0.25, 0.3) is 21.5 Å². The number of rotatable bonds is 13. The van der Waals surface area contributed by atoms with E-state index in [-0.39, 0.29) is 0 Å². The van der Waals surface area contributed by atoms with Crippen molar-refractivity contribution in [2.45, 2.75) is 53.6 Å². The normalized spacial score (nSPS) is 11.6. The molecule has 5 heteroatoms. The van der Waals surface area contributed by atoms with Gasteiger partial charge in [-0.05, 0) is 36.1 Å². The number of fused-ring (bicyclic) bond motifs is 2. The minimum Gasteiger partial charge on any atom is -0.496 e. The monoisotopic (exact) mass is 551 g/mol. The van der Waals surface area contributed by atoms with E-state index in [1.165, 1.54) is 5.39 Å². The lowest BCUT2D eigenvalue weighted by Crippen LogP contribution is -2.32. The van der Waals surface area contributed by atoms with E-state index >= 15 is 0 Å². The topological polar surface area (TPSA) is 36.5 Å². The van der Waals surface area contributed by atoms with Gasteiger partial charge in [-0.15, -0.1) is 0 Å². The zero-order chi connectivity index (χ0) is 28.8. The van der Waals surface area contributed by atoms with Gasteiger partial charge in [-0.25, -0.2) is 9.13 Å². The van der Waals surface area contributed by atoms with Gasteiger partial charge in [-0.3, -0.25) is 0 Å². The van der Waals surface area contributed by atoms with E-state index in [1.54, 1.807) is 7.11 Å². The highest BCUT2D eigenvalue weighted by molar-refractivity contribution is 5.94. The SMILES string of the molecule is COc1c(Cn2cc[n+](Cc3cc(OCCC(C)C)c4ccccc4c3OCCC(C)C)c2)ccc2ccccc12. The van der Waals surface area contributed by atoms with Crippen LogP contribution in [0.3, 0.4) is 0 Å². The summed E-state index contributed by atoms with van der Waals surface area (Å²) in [5.74, 6) is 3.99. The molecule has 0 saturated carbocycles. The van der Waals surface area contributed by atoms with Crippen LogP contribution in [0.2, 0.25) is 0 Å². The number of imidazole rings is 1. The fourth-order valence-corrected chi connectivity index (χ4v) is 5.25. The molecule has 0 bridgehead atoms. The molecular formula is C36H43N2O3+. The van der Waals surface area contributed by atoms with E-state index < -0.39 is 0 Å². The molecule has 0 aliphatic carbocycles. The van der Waals surface area contributed by atoms with Crippen LogP contribution in [0.1, 0.15) is 51.7 Å². The average molecular weight is 552 g/mol. The average Bonchev–Trinajstić information content (AvgIpc) is 3.40. The minimum atomic E-state index is 0.582. The Morgan fingerprint density at radius 1 is 0.732 bits per heavy atom. The molecule has 0 N–H and O–H groups in total. The Bertz CT molecular complexity index is 1600. The van der Waals surface area contributed by atoms with Gasteiger partial charge in [0.05, 0.1) is 20.3 Å². The van der Waals surface area contributed by atoms with Gasteiger partial charge >= 0.3 is 0 Å². The summed E-state index contributed by atoms with van der Waals surface area (Å²) in [6, 6.07) is 23.3. The first kappa shape index (κ1) is 28.5. The Balaban J connectivity index is 1.45. The predicted octanol–water partition coefficient (Wildman–Crippen LogP) is 8.04. The number of ether oxygens (including phenoxy) is 3. The Kier molecular flexibility index (Phi) is 9.13. The van der Waals surface area contributed by atoms with Crippen molar-refractivity contribution in [3.63, 3.8) is 0 Å². The van der Waals surface area contributed by atoms with E-state index in [9.17, 15) is 0 Å². The van der Waals surface area contributed by atoms with Crippen LogP contribution in [-0.4, -0.2) is 24.9 Å². The molecule has 0 amide bonds. The van der Waals surface area contributed by atoms with Gasteiger partial charge in [0.2, 0.25) is 6.33 Å². The third-order valence-electron chi connectivity index (χ3n) is 7.55. The highest BCUT2D eigenvalue weighted by Crippen LogP contribution is 2.37. The van der Waals surface area contributed by atoms with Gasteiger partial charge in [0.1, 0.15) is 42.7 Å². The summed E-state index contributed by atoms with van der Waals surface area (Å²) in [5.41, 5.74) is 2.27. The van der Waals surface area contributed by atoms with E-state index in [4.69, 9.17) is 14.2 Å². The van der Waals surface area contributed by atoms with Crippen molar-refractivity contribution < 1.29 is 18.8 Å². The number of nitrogens with zero attached hydrogens (tertiary/aromatic N) is 2. The first-order valence-electron chi connectivity index (χ1n) is 14.8. The second-order valence-electron chi connectivity index (χ2n) is 11.7. The van der Waals surface area contributed by atoms with Crippen molar-refractivity contribution in [2.24, 2.45) is 11.8 Å². The Morgan fingerprint density at radius 3 is 2.15 bits per heavy atom. The predicted molar refractivity (Wildman–Crippen MR) is 167 cm³/mol. The zero-order valence-corrected chi connectivity index (χ0v) is 25.1. The summed E-state index contributed by atoms with van der Waals surface area (Å²) in [6.07, 6.45) is 8.43. The molecule has 0 aliphatic rings. The van der Waals surface area contributed by atoms with Crippen molar-refractivity contribution in [3.8, 4) is 17.2 Å². The zero-order valence-electron chi connectivity index (χ0n) is 25.1. The smallest absolute Gasteiger partial charge is 0.244 e. The van der Waals surface area contributed by atoms with E-state index in [0.717, 1.165) is 63.9 Å². The molecule has 5 rings (SSSR count). The lowest BCUT2D eigenvalue weighted by atomic mass is 10.0. The van der Waals surface area contributed by atoms with E-state index in [1.807, 2.05) is 0 Å². The van der Waals surface area contributed by atoms with Gasteiger partial charge in [0.25, 0.3) is 0 Å². The molecule has 214 valence electrons. The van der Waals surface area contributed by atoms with Crippen LogP contribution in [0, 0.1) is 11.8 Å². The van der Waals surface area contributed by atoms with Crippen molar-refractivity contribution in [1.29, 1.82) is 0 Å². The number of aromatic nitrogens is 2. The number of methoxy groups -OCH3 is 1. The van der Waals surface area contributed by atoms with Gasteiger partial charge in [0, 0.05) is 27.3 Å². The maximum absolute atomic E-state index is 6.51. The summed E-state index contributed by atoms with van der Waals surface area (Å²) in [6.45, 7) is 11.7. The molecule has 0 radical (unpaired) electrons. The number of hydrogen-bond donors (Lipinski definition) is 0. The van der Waals surface area contributed by atoms with Crippen LogP contribution in [0.5, 0.6) is 17.2 Å². The van der Waals surface area contributed by atoms with Gasteiger partial charge < -0.3 is 14.2 Å². The molecule has 0 saturated heterocycles. The molecule has 41 heavy (non-hydrogen) atoms. The molecule has 0 fully saturated rings. The standard InChI is InChI=1S/C36H43N2O3/c1-26(2)16-20-40-34-22-30(36(41-21-17-27(3)4)33-13-9-8-12-32(33)34)24-38-19-18-37(25-38)23-29-15-14-28-10-6-7-11-31(28)35(29)39-5/h6-15,18-19,22,25-27H,16-17,20-21,23-24H2,1-5H3/q+1. The summed E-state index contributed by atoms with van der Waals surface area (Å²) < 4.78 is 23.1. The molecule has 0 aliphatic heterocycles. The van der Waals surface area contributed by atoms with Gasteiger partial charge in [-0.1, -0.05) is 88.4 Å². The van der Waals surface area contributed by atoms with Crippen molar-refractivity contribution in [2.75, 3.05) is 20.3 Å². The van der Waals surface area contributed by atoms with E-state index in [2.05, 4.69) is 122 Å². The first-order valence-corrected chi connectivity index (χ1v) is 14.8. The lowest BCUT2D eigenvalue weighted by Gasteiger charge is -2.18. The Hall–Kier alpha value is -3.99. The first-order chi connectivity index (χ1) is 19.9. The molecule has 0 spiro atoms. The second kappa shape index (κ2) is 13.1. The highest BCUT2D eigenvalue weighted by Gasteiger charge is 2.18. The number of benzene rings is 4. The van der Waals surface area contributed by atoms with Crippen molar-refractivity contribution in [3.05, 3.63) is 96.6 Å². The molecular weight excluding hydrogens is 508 g/mol. The van der Waals surface area contributed by atoms with Crippen LogP contribution in [-0.2, 0) is 13.1 Å². The van der Waals surface area contributed by atoms with Crippen LogP contribution in [0.15, 0.2) is 85.5 Å². The fraction of sp³-hybridized carbons (Fsp3) is 0.361. The maximum Gasteiger partial charge on any atom is 0.244 e. The van der Waals surface area contributed by atoms with Crippen LogP contribution in [0.4, 0.5) is 0 Å². The summed E-state index contributed by atoms with van der Waals surface area (Å²) >= 11 is 0. The highest BCUT2D eigenvalue weighted by atomic mass is 16.5. The quantitative estimate of drug-likeness (QED) is 0.139. The second-order valence-corrected chi connectivity index (χ2v) is 11.7. The van der Waals surface area contributed by atoms with Crippen LogP contribution < -0.4 is 18.8 Å². The molecule has 4 aromatic carbocycles. The van der Waals surface area contributed by atoms with E-state index in [0.29, 0.717) is 31.6 Å². The largest absolute Gasteiger partial charge is 0.496 e. The van der Waals surface area contributed by atoms with Crippen molar-refractivity contribution >= 4 is 21.5 Å². The summed E-state index contributed by atoms with van der Waals surface area (Å²) in [5, 5.41) is 4.53. The molecule has 1 heterocycles. The Labute approximate surface area is 244 Å². The minimum absolute atomic E-state index is 0.582. The fourth-order valence-electron chi connectivity index (χ4n) is 5.25. The van der Waals surface area contributed by atoms with Gasteiger partial charge in [0.15, 0.2) is 0 Å². The number of hydrogen-bond acceptors (Lipinski definition) is 3. The van der Waals surface area contributed by atoms with Gasteiger partial charge in [-0.2, -0.15) is 0 Å². The third kappa shape index (κ3) is 6.84. The third-order valence-corrected chi connectivity index (χ3v) is 7.55. The maximum atomic E-state index is 6.51. The summed E-state index contributed by atoms with van der Waals surface area (Å²) in [7, 11) is 1.75. The molecule has 0 unspecified atom stereocenters. The van der Waals surface area contributed by atoms with Crippen LogP contribution >= 0.6 is 0 Å². The summed E-state index contributed by atoms with van der Waals surface area (Å²) in [4.78, 5) is 0. The lowest BCUT2D eigenvalue weighted by molar-refractivity contribution is -0.687. The van der Waals surface area contributed by atoms with Crippen molar-refractivity contribution in [1.82, 2.24) is 4.57 Å². The Morgan fingerprint density at radius 2 is 1.41 bits per heavy atom.